The lowest BCUT2D eigenvalue weighted by molar-refractivity contribution is 0.0157. The number of hydrogen-bond donors (Lipinski definition) is 1. The van der Waals surface area contributed by atoms with Gasteiger partial charge >= 0.3 is 0 Å². The second kappa shape index (κ2) is 8.38. The molecule has 0 bridgehead atoms. The molecule has 0 radical (unpaired) electrons. The highest BCUT2D eigenvalue weighted by molar-refractivity contribution is 4.97. The Balaban J connectivity index is 3.02. The lowest BCUT2D eigenvalue weighted by Crippen LogP contribution is -2.58. The molecule has 0 amide bonds. The van der Waals surface area contributed by atoms with Gasteiger partial charge in [-0.25, -0.2) is 0 Å². The Bertz CT molecular complexity index is 250. The minimum atomic E-state index is 0.230. The van der Waals surface area contributed by atoms with Crippen LogP contribution in [-0.4, -0.2) is 29.6 Å². The molecule has 20 heavy (non-hydrogen) atoms. The summed E-state index contributed by atoms with van der Waals surface area (Å²) in [5.74, 6) is 1.44. The standard InChI is InChI=1S/C18H38N2/c1-6-17-10-8-7-9-11-20(17)18(14-19,12-15(2)3)13-16(4)5/h15-17H,6-14,19H2,1-5H3. The van der Waals surface area contributed by atoms with E-state index in [1.54, 1.807) is 0 Å². The van der Waals surface area contributed by atoms with E-state index in [4.69, 9.17) is 5.73 Å². The van der Waals surface area contributed by atoms with Crippen LogP contribution in [0.15, 0.2) is 0 Å². The first-order chi connectivity index (χ1) is 9.45. The van der Waals surface area contributed by atoms with Crippen molar-refractivity contribution in [1.29, 1.82) is 0 Å². The van der Waals surface area contributed by atoms with E-state index in [0.717, 1.165) is 24.4 Å². The maximum Gasteiger partial charge on any atom is 0.0339 e. The van der Waals surface area contributed by atoms with Gasteiger partial charge in [0.25, 0.3) is 0 Å². The first-order valence-corrected chi connectivity index (χ1v) is 8.92. The third-order valence-corrected chi connectivity index (χ3v) is 4.91. The summed E-state index contributed by atoms with van der Waals surface area (Å²) in [5.41, 5.74) is 6.59. The van der Waals surface area contributed by atoms with E-state index in [1.807, 2.05) is 0 Å². The summed E-state index contributed by atoms with van der Waals surface area (Å²) in [7, 11) is 0. The van der Waals surface area contributed by atoms with Crippen LogP contribution in [0.5, 0.6) is 0 Å². The maximum absolute atomic E-state index is 6.36. The van der Waals surface area contributed by atoms with Crippen LogP contribution in [0, 0.1) is 11.8 Å². The zero-order valence-corrected chi connectivity index (χ0v) is 14.6. The van der Waals surface area contributed by atoms with Crippen molar-refractivity contribution in [1.82, 2.24) is 4.90 Å². The Hall–Kier alpha value is -0.0800. The van der Waals surface area contributed by atoms with Gasteiger partial charge in [-0.15, -0.1) is 0 Å². The molecule has 1 aliphatic rings. The van der Waals surface area contributed by atoms with Gasteiger partial charge in [0, 0.05) is 18.1 Å². The summed E-state index contributed by atoms with van der Waals surface area (Å²) in [4.78, 5) is 2.83. The van der Waals surface area contributed by atoms with E-state index in [9.17, 15) is 0 Å². The number of nitrogens with zero attached hydrogens (tertiary/aromatic N) is 1. The van der Waals surface area contributed by atoms with Gasteiger partial charge in [0.1, 0.15) is 0 Å². The Morgan fingerprint density at radius 2 is 1.65 bits per heavy atom. The first-order valence-electron chi connectivity index (χ1n) is 8.92. The van der Waals surface area contributed by atoms with Crippen molar-refractivity contribution in [3.05, 3.63) is 0 Å². The van der Waals surface area contributed by atoms with E-state index in [0.29, 0.717) is 0 Å². The molecule has 2 N–H and O–H groups in total. The van der Waals surface area contributed by atoms with Gasteiger partial charge in [0.05, 0.1) is 0 Å². The zero-order chi connectivity index (χ0) is 15.2. The molecule has 1 heterocycles. The molecule has 1 atom stereocenters. The molecule has 1 saturated heterocycles. The Labute approximate surface area is 127 Å². The Morgan fingerprint density at radius 3 is 2.10 bits per heavy atom. The lowest BCUT2D eigenvalue weighted by atomic mass is 9.79. The third-order valence-electron chi connectivity index (χ3n) is 4.91. The molecule has 0 aromatic heterocycles. The molecule has 0 aromatic rings. The number of nitrogens with two attached hydrogens (primary N) is 1. The van der Waals surface area contributed by atoms with Crippen molar-refractivity contribution >= 4 is 0 Å². The van der Waals surface area contributed by atoms with Gasteiger partial charge in [-0.2, -0.15) is 0 Å². The number of likely N-dealkylation sites (tertiary alicyclic amines) is 1. The minimum absolute atomic E-state index is 0.230. The molecule has 1 rings (SSSR count). The van der Waals surface area contributed by atoms with Crippen LogP contribution in [0.2, 0.25) is 0 Å². The van der Waals surface area contributed by atoms with Gasteiger partial charge in [0.2, 0.25) is 0 Å². The van der Waals surface area contributed by atoms with Gasteiger partial charge in [-0.1, -0.05) is 47.5 Å². The summed E-state index contributed by atoms with van der Waals surface area (Å²) in [6.45, 7) is 13.8. The van der Waals surface area contributed by atoms with E-state index in [-0.39, 0.29) is 5.54 Å². The van der Waals surface area contributed by atoms with Crippen LogP contribution in [0.1, 0.15) is 79.6 Å². The molecule has 0 aliphatic carbocycles. The molecule has 0 saturated carbocycles. The molecular formula is C18H38N2. The van der Waals surface area contributed by atoms with Gasteiger partial charge in [-0.3, -0.25) is 4.90 Å². The Kier molecular flexibility index (Phi) is 7.53. The van der Waals surface area contributed by atoms with Crippen LogP contribution in [0.25, 0.3) is 0 Å². The fraction of sp³-hybridized carbons (Fsp3) is 1.00. The Morgan fingerprint density at radius 1 is 1.05 bits per heavy atom. The summed E-state index contributed by atoms with van der Waals surface area (Å²) in [6.07, 6.45) is 9.30. The van der Waals surface area contributed by atoms with Gasteiger partial charge in [0.15, 0.2) is 0 Å². The van der Waals surface area contributed by atoms with Crippen LogP contribution >= 0.6 is 0 Å². The quantitative estimate of drug-likeness (QED) is 0.748. The highest BCUT2D eigenvalue weighted by Gasteiger charge is 2.39. The molecule has 2 nitrogen and oxygen atoms in total. The molecule has 1 aliphatic heterocycles. The summed E-state index contributed by atoms with van der Waals surface area (Å²) >= 11 is 0. The molecule has 1 unspecified atom stereocenters. The smallest absolute Gasteiger partial charge is 0.0339 e. The largest absolute Gasteiger partial charge is 0.329 e. The van der Waals surface area contributed by atoms with Crippen LogP contribution in [0.4, 0.5) is 0 Å². The van der Waals surface area contributed by atoms with Crippen molar-refractivity contribution in [3.63, 3.8) is 0 Å². The third kappa shape index (κ3) is 4.73. The predicted molar refractivity (Wildman–Crippen MR) is 89.9 cm³/mol. The van der Waals surface area contributed by atoms with Crippen molar-refractivity contribution < 1.29 is 0 Å². The SMILES string of the molecule is CCC1CCCCCN1C(CN)(CC(C)C)CC(C)C. The molecular weight excluding hydrogens is 244 g/mol. The van der Waals surface area contributed by atoms with Crippen molar-refractivity contribution in [2.24, 2.45) is 17.6 Å². The second-order valence-corrected chi connectivity index (χ2v) is 7.73. The van der Waals surface area contributed by atoms with E-state index in [1.165, 1.54) is 51.5 Å². The van der Waals surface area contributed by atoms with Crippen LogP contribution in [-0.2, 0) is 0 Å². The van der Waals surface area contributed by atoms with Gasteiger partial charge in [-0.05, 0) is 50.5 Å². The predicted octanol–water partition coefficient (Wildman–Crippen LogP) is 4.43. The summed E-state index contributed by atoms with van der Waals surface area (Å²) < 4.78 is 0. The lowest BCUT2D eigenvalue weighted by Gasteiger charge is -2.49. The first kappa shape index (κ1) is 18.0. The maximum atomic E-state index is 6.36. The number of hydrogen-bond acceptors (Lipinski definition) is 2. The molecule has 0 spiro atoms. The zero-order valence-electron chi connectivity index (χ0n) is 14.6. The van der Waals surface area contributed by atoms with Crippen LogP contribution < -0.4 is 5.73 Å². The summed E-state index contributed by atoms with van der Waals surface area (Å²) in [6, 6.07) is 0.749. The fourth-order valence-electron chi connectivity index (χ4n) is 4.35. The van der Waals surface area contributed by atoms with Crippen molar-refractivity contribution in [3.8, 4) is 0 Å². The highest BCUT2D eigenvalue weighted by Crippen LogP contribution is 2.35. The second-order valence-electron chi connectivity index (χ2n) is 7.73. The van der Waals surface area contributed by atoms with E-state index < -0.39 is 0 Å². The average molecular weight is 283 g/mol. The molecule has 2 heteroatoms. The molecule has 120 valence electrons. The molecule has 1 fully saturated rings. The average Bonchev–Trinajstić information content (AvgIpc) is 2.61. The fourth-order valence-corrected chi connectivity index (χ4v) is 4.35. The van der Waals surface area contributed by atoms with Gasteiger partial charge < -0.3 is 5.73 Å². The van der Waals surface area contributed by atoms with Crippen LogP contribution in [0.3, 0.4) is 0 Å². The summed E-state index contributed by atoms with van der Waals surface area (Å²) in [5, 5.41) is 0. The van der Waals surface area contributed by atoms with Crippen molar-refractivity contribution in [2.45, 2.75) is 91.1 Å². The highest BCUT2D eigenvalue weighted by atomic mass is 15.2. The number of rotatable bonds is 7. The topological polar surface area (TPSA) is 29.3 Å². The van der Waals surface area contributed by atoms with E-state index >= 15 is 0 Å². The normalized spacial score (nSPS) is 22.5. The minimum Gasteiger partial charge on any atom is -0.329 e. The van der Waals surface area contributed by atoms with E-state index in [2.05, 4.69) is 39.5 Å². The van der Waals surface area contributed by atoms with Crippen molar-refractivity contribution in [2.75, 3.05) is 13.1 Å². The molecule has 0 aromatic carbocycles. The monoisotopic (exact) mass is 282 g/mol.